The number of anilines is 1. The third kappa shape index (κ3) is 7.47. The van der Waals surface area contributed by atoms with Crippen molar-refractivity contribution in [1.82, 2.24) is 0 Å². The van der Waals surface area contributed by atoms with Gasteiger partial charge < -0.3 is 15.2 Å². The molecule has 19 heavy (non-hydrogen) atoms. The Hall–Kier alpha value is -1.55. The standard InChI is InChI=1S/C15H23NO3/c1-12(2)11-18-9-10-19-15(17)8-5-13-3-6-14(16)7-4-13/h3-4,6-7,12H,5,8-11,16H2,1-2H3. The van der Waals surface area contributed by atoms with Crippen molar-refractivity contribution in [2.45, 2.75) is 26.7 Å². The normalized spacial score (nSPS) is 10.7. The van der Waals surface area contributed by atoms with Crippen LogP contribution in [0.5, 0.6) is 0 Å². The van der Waals surface area contributed by atoms with Crippen molar-refractivity contribution in [2.24, 2.45) is 5.92 Å². The molecule has 1 rings (SSSR count). The van der Waals surface area contributed by atoms with Crippen molar-refractivity contribution >= 4 is 11.7 Å². The van der Waals surface area contributed by atoms with E-state index >= 15 is 0 Å². The van der Waals surface area contributed by atoms with Gasteiger partial charge in [-0.05, 0) is 30.0 Å². The molecule has 0 bridgehead atoms. The molecule has 0 heterocycles. The van der Waals surface area contributed by atoms with Crippen molar-refractivity contribution < 1.29 is 14.3 Å². The quantitative estimate of drug-likeness (QED) is 0.445. The highest BCUT2D eigenvalue weighted by Crippen LogP contribution is 2.08. The summed E-state index contributed by atoms with van der Waals surface area (Å²) in [7, 11) is 0. The number of rotatable bonds is 8. The van der Waals surface area contributed by atoms with Gasteiger partial charge in [-0.2, -0.15) is 0 Å². The van der Waals surface area contributed by atoms with Gasteiger partial charge in [-0.1, -0.05) is 26.0 Å². The van der Waals surface area contributed by atoms with E-state index in [0.29, 0.717) is 38.6 Å². The van der Waals surface area contributed by atoms with Gasteiger partial charge in [0.2, 0.25) is 0 Å². The number of aryl methyl sites for hydroxylation is 1. The van der Waals surface area contributed by atoms with Crippen LogP contribution in [0, 0.1) is 5.92 Å². The third-order valence-corrected chi connectivity index (χ3v) is 2.54. The maximum Gasteiger partial charge on any atom is 0.306 e. The first-order valence-electron chi connectivity index (χ1n) is 6.65. The molecule has 0 aliphatic heterocycles. The number of esters is 1. The lowest BCUT2D eigenvalue weighted by atomic mass is 10.1. The Morgan fingerprint density at radius 1 is 1.21 bits per heavy atom. The van der Waals surface area contributed by atoms with Crippen LogP contribution in [-0.4, -0.2) is 25.8 Å². The van der Waals surface area contributed by atoms with Crippen LogP contribution in [0.3, 0.4) is 0 Å². The Morgan fingerprint density at radius 3 is 2.53 bits per heavy atom. The molecule has 0 aromatic heterocycles. The second-order valence-corrected chi connectivity index (χ2v) is 4.93. The first-order chi connectivity index (χ1) is 9.08. The molecule has 0 atom stereocenters. The molecule has 0 radical (unpaired) electrons. The minimum atomic E-state index is -0.190. The van der Waals surface area contributed by atoms with Gasteiger partial charge in [0.25, 0.3) is 0 Å². The zero-order chi connectivity index (χ0) is 14.1. The Bertz CT molecular complexity index is 373. The molecule has 4 nitrogen and oxygen atoms in total. The summed E-state index contributed by atoms with van der Waals surface area (Å²) in [6, 6.07) is 7.52. The van der Waals surface area contributed by atoms with Gasteiger partial charge >= 0.3 is 5.97 Å². The van der Waals surface area contributed by atoms with E-state index in [1.54, 1.807) is 0 Å². The van der Waals surface area contributed by atoms with Crippen LogP contribution in [0.4, 0.5) is 5.69 Å². The minimum Gasteiger partial charge on any atom is -0.463 e. The van der Waals surface area contributed by atoms with Crippen LogP contribution >= 0.6 is 0 Å². The fraction of sp³-hybridized carbons (Fsp3) is 0.533. The zero-order valence-corrected chi connectivity index (χ0v) is 11.7. The number of hydrogen-bond acceptors (Lipinski definition) is 4. The van der Waals surface area contributed by atoms with Crippen molar-refractivity contribution in [3.05, 3.63) is 29.8 Å². The van der Waals surface area contributed by atoms with Crippen molar-refractivity contribution in [3.8, 4) is 0 Å². The average molecular weight is 265 g/mol. The SMILES string of the molecule is CC(C)COCCOC(=O)CCc1ccc(N)cc1. The number of benzene rings is 1. The number of nitrogen functional groups attached to an aromatic ring is 1. The summed E-state index contributed by atoms with van der Waals surface area (Å²) in [4.78, 5) is 11.5. The van der Waals surface area contributed by atoms with Gasteiger partial charge in [0, 0.05) is 18.7 Å². The van der Waals surface area contributed by atoms with Gasteiger partial charge in [0.15, 0.2) is 0 Å². The average Bonchev–Trinajstić information content (AvgIpc) is 2.37. The molecule has 0 amide bonds. The second-order valence-electron chi connectivity index (χ2n) is 4.93. The van der Waals surface area contributed by atoms with Crippen molar-refractivity contribution in [1.29, 1.82) is 0 Å². The largest absolute Gasteiger partial charge is 0.463 e. The first-order valence-corrected chi connectivity index (χ1v) is 6.65. The summed E-state index contributed by atoms with van der Waals surface area (Å²) in [5, 5.41) is 0. The fourth-order valence-electron chi connectivity index (χ4n) is 1.54. The Morgan fingerprint density at radius 2 is 1.89 bits per heavy atom. The minimum absolute atomic E-state index is 0.190. The smallest absolute Gasteiger partial charge is 0.306 e. The van der Waals surface area contributed by atoms with E-state index in [2.05, 4.69) is 13.8 Å². The number of ether oxygens (including phenoxy) is 2. The Kier molecular flexibility index (Phi) is 6.97. The van der Waals surface area contributed by atoms with Crippen LogP contribution in [0.1, 0.15) is 25.8 Å². The lowest BCUT2D eigenvalue weighted by molar-refractivity contribution is -0.145. The summed E-state index contributed by atoms with van der Waals surface area (Å²) >= 11 is 0. The van der Waals surface area contributed by atoms with E-state index in [1.165, 1.54) is 0 Å². The number of carbonyl (C=O) groups is 1. The molecule has 4 heteroatoms. The monoisotopic (exact) mass is 265 g/mol. The molecule has 0 unspecified atom stereocenters. The van der Waals surface area contributed by atoms with Crippen LogP contribution in [0.15, 0.2) is 24.3 Å². The topological polar surface area (TPSA) is 61.5 Å². The van der Waals surface area contributed by atoms with Gasteiger partial charge in [-0.25, -0.2) is 0 Å². The van der Waals surface area contributed by atoms with Crippen molar-refractivity contribution in [3.63, 3.8) is 0 Å². The van der Waals surface area contributed by atoms with E-state index in [9.17, 15) is 4.79 Å². The molecular formula is C15H23NO3. The Balaban J connectivity index is 2.09. The lowest BCUT2D eigenvalue weighted by Crippen LogP contribution is -2.13. The molecule has 0 aliphatic rings. The molecule has 0 aliphatic carbocycles. The number of nitrogens with two attached hydrogens (primary N) is 1. The summed E-state index contributed by atoms with van der Waals surface area (Å²) < 4.78 is 10.4. The van der Waals surface area contributed by atoms with Crippen molar-refractivity contribution in [2.75, 3.05) is 25.6 Å². The van der Waals surface area contributed by atoms with Crippen LogP contribution in [-0.2, 0) is 20.7 Å². The van der Waals surface area contributed by atoms with E-state index < -0.39 is 0 Å². The molecule has 0 spiro atoms. The highest BCUT2D eigenvalue weighted by atomic mass is 16.6. The van der Waals surface area contributed by atoms with E-state index in [0.717, 1.165) is 11.3 Å². The van der Waals surface area contributed by atoms with Gasteiger partial charge in [0.05, 0.1) is 6.61 Å². The van der Waals surface area contributed by atoms with Gasteiger partial charge in [0.1, 0.15) is 6.61 Å². The van der Waals surface area contributed by atoms with E-state index in [-0.39, 0.29) is 5.97 Å². The third-order valence-electron chi connectivity index (χ3n) is 2.54. The summed E-state index contributed by atoms with van der Waals surface area (Å²) in [5.41, 5.74) is 7.41. The zero-order valence-electron chi connectivity index (χ0n) is 11.7. The number of hydrogen-bond donors (Lipinski definition) is 1. The molecule has 0 saturated heterocycles. The van der Waals surface area contributed by atoms with Crippen LogP contribution in [0.25, 0.3) is 0 Å². The lowest BCUT2D eigenvalue weighted by Gasteiger charge is -2.08. The summed E-state index contributed by atoms with van der Waals surface area (Å²) in [6.45, 7) is 5.65. The first kappa shape index (κ1) is 15.5. The van der Waals surface area contributed by atoms with Gasteiger partial charge in [-0.3, -0.25) is 4.79 Å². The highest BCUT2D eigenvalue weighted by molar-refractivity contribution is 5.69. The predicted molar refractivity (Wildman–Crippen MR) is 75.8 cm³/mol. The molecule has 1 aromatic rings. The van der Waals surface area contributed by atoms with E-state index in [1.807, 2.05) is 24.3 Å². The van der Waals surface area contributed by atoms with Crippen LogP contribution < -0.4 is 5.73 Å². The molecular weight excluding hydrogens is 242 g/mol. The predicted octanol–water partition coefficient (Wildman–Crippen LogP) is 2.42. The molecule has 106 valence electrons. The summed E-state index contributed by atoms with van der Waals surface area (Å²) in [5.74, 6) is 0.311. The molecule has 2 N–H and O–H groups in total. The number of carbonyl (C=O) groups excluding carboxylic acids is 1. The highest BCUT2D eigenvalue weighted by Gasteiger charge is 2.04. The fourth-order valence-corrected chi connectivity index (χ4v) is 1.54. The van der Waals surface area contributed by atoms with E-state index in [4.69, 9.17) is 15.2 Å². The maximum atomic E-state index is 11.5. The Labute approximate surface area is 114 Å². The summed E-state index contributed by atoms with van der Waals surface area (Å²) in [6.07, 6.45) is 1.06. The molecule has 0 saturated carbocycles. The molecule has 0 fully saturated rings. The van der Waals surface area contributed by atoms with Crippen LogP contribution in [0.2, 0.25) is 0 Å². The second kappa shape index (κ2) is 8.53. The maximum absolute atomic E-state index is 11.5. The molecule has 1 aromatic carbocycles. The van der Waals surface area contributed by atoms with Gasteiger partial charge in [-0.15, -0.1) is 0 Å².